The lowest BCUT2D eigenvalue weighted by molar-refractivity contribution is -0.378. The number of nitrogens with one attached hydrogen (secondary N) is 1. The third-order valence-electron chi connectivity index (χ3n) is 3.00. The number of thioether (sulfide) groups is 1. The lowest BCUT2D eigenvalue weighted by atomic mass is 10.0. The molecule has 2 rings (SSSR count). The number of hydrogen-bond donors (Lipinski definition) is 0. The van der Waals surface area contributed by atoms with Crippen molar-refractivity contribution < 1.29 is 19.7 Å². The summed E-state index contributed by atoms with van der Waals surface area (Å²) < 4.78 is 0.245. The Morgan fingerprint density at radius 1 is 1.52 bits per heavy atom. The minimum atomic E-state index is -1.30. The number of aromatic amines is 1. The van der Waals surface area contributed by atoms with Gasteiger partial charge in [0.05, 0.1) is 16.9 Å². The number of amides is 1. The molecular weight excluding hydrogens is 308 g/mol. The molecule has 1 aromatic rings. The Bertz CT molecular complexity index is 614. The summed E-state index contributed by atoms with van der Waals surface area (Å²) in [6, 6.07) is 2.59. The quantitative estimate of drug-likeness (QED) is 0.595. The van der Waals surface area contributed by atoms with Gasteiger partial charge in [-0.3, -0.25) is 9.69 Å². The summed E-state index contributed by atoms with van der Waals surface area (Å²) in [5, 5.41) is 11.3. The van der Waals surface area contributed by atoms with Gasteiger partial charge in [0.2, 0.25) is 0 Å². The smallest absolute Gasteiger partial charge is 0.266 e. The summed E-state index contributed by atoms with van der Waals surface area (Å²) in [4.78, 5) is 28.2. The maximum atomic E-state index is 12.4. The molecule has 0 radical (unpaired) electrons. The van der Waals surface area contributed by atoms with Crippen molar-refractivity contribution in [2.45, 2.75) is 19.9 Å². The molecule has 1 aromatic heterocycles. The van der Waals surface area contributed by atoms with Crippen LogP contribution in [0.2, 0.25) is 0 Å². The van der Waals surface area contributed by atoms with Gasteiger partial charge < -0.3 is 9.90 Å². The molecule has 110 valence electrons. The van der Waals surface area contributed by atoms with Crippen LogP contribution in [0.4, 0.5) is 0 Å². The van der Waals surface area contributed by atoms with Crippen LogP contribution in [0.5, 0.6) is 0 Å². The maximum Gasteiger partial charge on any atom is 0.266 e. The summed E-state index contributed by atoms with van der Waals surface area (Å²) in [5.74, 6) is -1.98. The van der Waals surface area contributed by atoms with Crippen LogP contribution in [0, 0.1) is 5.92 Å². The van der Waals surface area contributed by atoms with Gasteiger partial charge in [0.15, 0.2) is 12.4 Å². The zero-order valence-electron chi connectivity index (χ0n) is 11.5. The number of aliphatic carboxylic acids is 1. The van der Waals surface area contributed by atoms with E-state index in [1.165, 1.54) is 0 Å². The molecule has 2 heterocycles. The first-order valence-corrected chi connectivity index (χ1v) is 7.58. The van der Waals surface area contributed by atoms with Crippen molar-refractivity contribution in [1.29, 1.82) is 0 Å². The first kappa shape index (κ1) is 15.7. The third kappa shape index (κ3) is 3.30. The van der Waals surface area contributed by atoms with E-state index in [1.807, 2.05) is 12.1 Å². The van der Waals surface area contributed by atoms with Gasteiger partial charge in [-0.1, -0.05) is 37.8 Å². The Morgan fingerprint density at radius 2 is 2.24 bits per heavy atom. The standard InChI is InChI=1S/C14H14N2O3S2/c1-8(2)11(13(18)19)16-12(17)10(21-14(16)20)6-9-4-3-5-15-7-9/h3-8,11H,1-2H3,(H,18,19). The number of rotatable bonds is 4. The van der Waals surface area contributed by atoms with Crippen LogP contribution in [0.25, 0.3) is 6.08 Å². The molecular formula is C14H14N2O3S2. The van der Waals surface area contributed by atoms with Gasteiger partial charge >= 0.3 is 0 Å². The van der Waals surface area contributed by atoms with Crippen LogP contribution in [-0.2, 0) is 9.59 Å². The van der Waals surface area contributed by atoms with Crippen LogP contribution in [0.1, 0.15) is 19.4 Å². The van der Waals surface area contributed by atoms with E-state index in [4.69, 9.17) is 12.2 Å². The number of carboxylic acid groups (broad SMARTS) is 1. The molecule has 0 aromatic carbocycles. The molecule has 1 unspecified atom stereocenters. The van der Waals surface area contributed by atoms with Gasteiger partial charge in [0.25, 0.3) is 5.91 Å². The highest BCUT2D eigenvalue weighted by molar-refractivity contribution is 8.26. The second kappa shape index (κ2) is 6.36. The van der Waals surface area contributed by atoms with Crippen molar-refractivity contribution in [2.24, 2.45) is 5.92 Å². The van der Waals surface area contributed by atoms with Crippen LogP contribution < -0.4 is 10.1 Å². The summed E-state index contributed by atoms with van der Waals surface area (Å²) in [6.07, 6.45) is 5.18. The van der Waals surface area contributed by atoms with E-state index in [9.17, 15) is 14.7 Å². The topological polar surface area (TPSA) is 74.6 Å². The first-order valence-electron chi connectivity index (χ1n) is 6.36. The number of carbonyl (C=O) groups is 2. The van der Waals surface area contributed by atoms with Crippen molar-refractivity contribution in [1.82, 2.24) is 4.90 Å². The third-order valence-corrected chi connectivity index (χ3v) is 4.33. The highest BCUT2D eigenvalue weighted by Gasteiger charge is 2.39. The number of H-pyrrole nitrogens is 1. The number of carbonyl (C=O) groups excluding carboxylic acids is 2. The Hall–Kier alpha value is -1.73. The lowest BCUT2D eigenvalue weighted by Gasteiger charge is -2.30. The SMILES string of the molecule is CC(C)C(C(=O)[O-])N1C(=O)C(=Cc2ccc[nH+]c2)SC1=S. The largest absolute Gasteiger partial charge is 0.548 e. The van der Waals surface area contributed by atoms with E-state index in [2.05, 4.69) is 4.98 Å². The lowest BCUT2D eigenvalue weighted by Crippen LogP contribution is -2.52. The Morgan fingerprint density at radius 3 is 2.76 bits per heavy atom. The van der Waals surface area contributed by atoms with Gasteiger partial charge in [-0.2, -0.15) is 0 Å². The molecule has 0 spiro atoms. The summed E-state index contributed by atoms with van der Waals surface area (Å²) in [7, 11) is 0. The molecule has 1 aliphatic rings. The zero-order valence-corrected chi connectivity index (χ0v) is 13.2. The normalized spacial score (nSPS) is 18.6. The number of aromatic nitrogens is 1. The first-order chi connectivity index (χ1) is 9.91. The predicted molar refractivity (Wildman–Crippen MR) is 81.6 cm³/mol. The van der Waals surface area contributed by atoms with Gasteiger partial charge in [-0.25, -0.2) is 4.98 Å². The van der Waals surface area contributed by atoms with E-state index < -0.39 is 17.9 Å². The molecule has 5 nitrogen and oxygen atoms in total. The Labute approximate surface area is 132 Å². The van der Waals surface area contributed by atoms with E-state index in [0.717, 1.165) is 22.2 Å². The molecule has 1 aliphatic heterocycles. The molecule has 1 amide bonds. The van der Waals surface area contributed by atoms with Crippen molar-refractivity contribution in [3.05, 3.63) is 35.0 Å². The second-order valence-electron chi connectivity index (χ2n) is 4.90. The molecule has 1 atom stereocenters. The van der Waals surface area contributed by atoms with Crippen LogP contribution in [0.3, 0.4) is 0 Å². The molecule has 1 N–H and O–H groups in total. The molecule has 0 bridgehead atoms. The van der Waals surface area contributed by atoms with Crippen molar-refractivity contribution >= 4 is 46.3 Å². The number of carboxylic acids is 1. The van der Waals surface area contributed by atoms with Crippen LogP contribution >= 0.6 is 24.0 Å². The van der Waals surface area contributed by atoms with Crippen LogP contribution in [0.15, 0.2) is 29.4 Å². The minimum Gasteiger partial charge on any atom is -0.548 e. The summed E-state index contributed by atoms with van der Waals surface area (Å²) >= 11 is 6.26. The average molecular weight is 322 g/mol. The van der Waals surface area contributed by atoms with Crippen molar-refractivity contribution in [2.75, 3.05) is 0 Å². The molecule has 1 saturated heterocycles. The Kier molecular flexibility index (Phi) is 4.74. The minimum absolute atomic E-state index is 0.245. The highest BCUT2D eigenvalue weighted by atomic mass is 32.2. The van der Waals surface area contributed by atoms with Gasteiger partial charge in [0.1, 0.15) is 4.32 Å². The molecule has 0 aliphatic carbocycles. The van der Waals surface area contributed by atoms with Gasteiger partial charge in [0, 0.05) is 11.6 Å². The van der Waals surface area contributed by atoms with Crippen molar-refractivity contribution in [3.63, 3.8) is 0 Å². The Balaban J connectivity index is 2.32. The van der Waals surface area contributed by atoms with E-state index in [1.54, 1.807) is 32.3 Å². The van der Waals surface area contributed by atoms with Gasteiger partial charge in [-0.05, 0) is 18.1 Å². The van der Waals surface area contributed by atoms with Gasteiger partial charge in [-0.15, -0.1) is 0 Å². The zero-order chi connectivity index (χ0) is 15.6. The summed E-state index contributed by atoms with van der Waals surface area (Å²) in [6.45, 7) is 3.43. The maximum absolute atomic E-state index is 12.4. The predicted octanol–water partition coefficient (Wildman–Crippen LogP) is 0.476. The van der Waals surface area contributed by atoms with E-state index >= 15 is 0 Å². The number of pyridine rings is 1. The van der Waals surface area contributed by atoms with Crippen LogP contribution in [-0.4, -0.2) is 27.1 Å². The molecule has 1 fully saturated rings. The molecule has 0 saturated carbocycles. The fourth-order valence-corrected chi connectivity index (χ4v) is 3.37. The van der Waals surface area contributed by atoms with E-state index in [-0.39, 0.29) is 10.2 Å². The monoisotopic (exact) mass is 322 g/mol. The summed E-state index contributed by atoms with van der Waals surface area (Å²) in [5.41, 5.74) is 0.813. The average Bonchev–Trinajstić information content (AvgIpc) is 2.67. The number of thiocarbonyl (C=S) groups is 1. The van der Waals surface area contributed by atoms with E-state index in [0.29, 0.717) is 4.91 Å². The fourth-order valence-electron chi connectivity index (χ4n) is 2.04. The molecule has 7 heteroatoms. The highest BCUT2D eigenvalue weighted by Crippen LogP contribution is 2.35. The number of hydrogen-bond acceptors (Lipinski definition) is 5. The fraction of sp³-hybridized carbons (Fsp3) is 0.286. The van der Waals surface area contributed by atoms with Crippen molar-refractivity contribution in [3.8, 4) is 0 Å². The molecule has 21 heavy (non-hydrogen) atoms. The second-order valence-corrected chi connectivity index (χ2v) is 6.57. The number of nitrogens with zero attached hydrogens (tertiary/aromatic N) is 1.